The van der Waals surface area contributed by atoms with Gasteiger partial charge in [-0.25, -0.2) is 4.79 Å². The van der Waals surface area contributed by atoms with Crippen LogP contribution in [0.5, 0.6) is 0 Å². The molecule has 0 aromatic carbocycles. The molecule has 1 N–H and O–H groups in total. The number of ether oxygens (including phenoxy) is 1. The smallest absolute Gasteiger partial charge is 0.354 e. The largest absolute Gasteiger partial charge is 0.458 e. The van der Waals surface area contributed by atoms with Gasteiger partial charge in [0.25, 0.3) is 0 Å². The van der Waals surface area contributed by atoms with Crippen molar-refractivity contribution in [3.63, 3.8) is 0 Å². The molecule has 0 atom stereocenters. The first-order chi connectivity index (χ1) is 5.07. The molecule has 0 aromatic heterocycles. The molecule has 11 heavy (non-hydrogen) atoms. The lowest BCUT2D eigenvalue weighted by Gasteiger charge is -2.06. The van der Waals surface area contributed by atoms with Gasteiger partial charge < -0.3 is 10.2 Å². The molecule has 0 bridgehead atoms. The number of nitrogens with one attached hydrogen (secondary N) is 1. The molecule has 0 heterocycles. The van der Waals surface area contributed by atoms with Crippen LogP contribution in [0.3, 0.4) is 0 Å². The molecule has 0 amide bonds. The molecule has 0 unspecified atom stereocenters. The number of carbonyl (C=O) groups is 1. The lowest BCUT2D eigenvalue weighted by molar-refractivity contribution is -0.139. The second-order valence-electron chi connectivity index (χ2n) is 2.37. The summed E-state index contributed by atoms with van der Waals surface area (Å²) in [6.07, 6.45) is -0.0930. The Balaban J connectivity index is 3.93. The van der Waals surface area contributed by atoms with E-state index in [1.54, 1.807) is 27.8 Å². The maximum Gasteiger partial charge on any atom is 0.354 e. The van der Waals surface area contributed by atoms with Gasteiger partial charge in [-0.2, -0.15) is 5.10 Å². The lowest BCUT2D eigenvalue weighted by Crippen LogP contribution is -2.20. The fraction of sp³-hybridized carbons (Fsp3) is 0.714. The molecule has 0 saturated carbocycles. The van der Waals surface area contributed by atoms with Gasteiger partial charge in [0.05, 0.1) is 6.10 Å². The Kier molecular flexibility index (Phi) is 4.26. The number of nitrogens with zero attached hydrogens (tertiary/aromatic N) is 1. The Hall–Kier alpha value is -1.06. The summed E-state index contributed by atoms with van der Waals surface area (Å²) in [6.45, 7) is 5.19. The third kappa shape index (κ3) is 4.36. The van der Waals surface area contributed by atoms with Crippen molar-refractivity contribution in [2.75, 3.05) is 7.05 Å². The predicted molar refractivity (Wildman–Crippen MR) is 43.4 cm³/mol. The molecule has 0 saturated heterocycles. The van der Waals surface area contributed by atoms with E-state index in [0.29, 0.717) is 5.71 Å². The minimum absolute atomic E-state index is 0.0930. The maximum atomic E-state index is 11.0. The molecule has 0 aliphatic rings. The van der Waals surface area contributed by atoms with Crippen molar-refractivity contribution >= 4 is 11.7 Å². The summed E-state index contributed by atoms with van der Waals surface area (Å²) in [5.41, 5.74) is 2.84. The van der Waals surface area contributed by atoms with Gasteiger partial charge in [0.2, 0.25) is 0 Å². The van der Waals surface area contributed by atoms with Crippen molar-refractivity contribution < 1.29 is 9.53 Å². The van der Waals surface area contributed by atoms with Gasteiger partial charge in [-0.15, -0.1) is 0 Å². The van der Waals surface area contributed by atoms with Crippen molar-refractivity contribution in [3.05, 3.63) is 0 Å². The van der Waals surface area contributed by atoms with Crippen molar-refractivity contribution in [1.82, 2.24) is 5.43 Å². The van der Waals surface area contributed by atoms with Crippen molar-refractivity contribution in [2.24, 2.45) is 5.10 Å². The first-order valence-electron chi connectivity index (χ1n) is 3.50. The minimum Gasteiger partial charge on any atom is -0.458 e. The van der Waals surface area contributed by atoms with E-state index in [2.05, 4.69) is 10.5 Å². The molecule has 0 spiro atoms. The Bertz CT molecular complexity index is 164. The van der Waals surface area contributed by atoms with Gasteiger partial charge in [-0.1, -0.05) is 0 Å². The van der Waals surface area contributed by atoms with Gasteiger partial charge in [-0.3, -0.25) is 0 Å². The maximum absolute atomic E-state index is 11.0. The van der Waals surface area contributed by atoms with Crippen LogP contribution in [0, 0.1) is 0 Å². The second kappa shape index (κ2) is 4.71. The number of rotatable bonds is 3. The van der Waals surface area contributed by atoms with E-state index >= 15 is 0 Å². The van der Waals surface area contributed by atoms with Crippen molar-refractivity contribution in [3.8, 4) is 0 Å². The van der Waals surface area contributed by atoms with Crippen LogP contribution >= 0.6 is 0 Å². The molecular formula is C7H14N2O2. The average Bonchev–Trinajstić information content (AvgIpc) is 1.86. The highest BCUT2D eigenvalue weighted by atomic mass is 16.5. The summed E-state index contributed by atoms with van der Waals surface area (Å²) in [5.74, 6) is -0.380. The van der Waals surface area contributed by atoms with Crippen LogP contribution in [0.2, 0.25) is 0 Å². The molecule has 0 aliphatic heterocycles. The number of hydrogen-bond donors (Lipinski definition) is 1. The number of hydrazone groups is 1. The fourth-order valence-corrected chi connectivity index (χ4v) is 0.513. The molecule has 4 nitrogen and oxygen atoms in total. The quantitative estimate of drug-likeness (QED) is 0.370. The van der Waals surface area contributed by atoms with Crippen LogP contribution in [-0.4, -0.2) is 24.8 Å². The summed E-state index contributed by atoms with van der Waals surface area (Å²) in [6, 6.07) is 0. The van der Waals surface area contributed by atoms with E-state index in [1.165, 1.54) is 0 Å². The zero-order valence-corrected chi connectivity index (χ0v) is 7.34. The van der Waals surface area contributed by atoms with Gasteiger partial charge >= 0.3 is 5.97 Å². The molecular weight excluding hydrogens is 144 g/mol. The van der Waals surface area contributed by atoms with Crippen molar-refractivity contribution in [1.29, 1.82) is 0 Å². The SMILES string of the molecule is CN/N=C(\C)C(=O)OC(C)C. The summed E-state index contributed by atoms with van der Waals surface area (Å²) in [5, 5.41) is 3.67. The van der Waals surface area contributed by atoms with Crippen LogP contribution < -0.4 is 5.43 Å². The predicted octanol–water partition coefficient (Wildman–Crippen LogP) is 0.533. The Labute approximate surface area is 66.6 Å². The Morgan fingerprint density at radius 1 is 1.55 bits per heavy atom. The lowest BCUT2D eigenvalue weighted by atomic mass is 10.4. The number of carbonyl (C=O) groups excluding carboxylic acids is 1. The third-order valence-electron chi connectivity index (χ3n) is 0.918. The highest BCUT2D eigenvalue weighted by Crippen LogP contribution is 1.90. The average molecular weight is 158 g/mol. The van der Waals surface area contributed by atoms with E-state index in [0.717, 1.165) is 0 Å². The van der Waals surface area contributed by atoms with Crippen LogP contribution in [0.15, 0.2) is 5.10 Å². The highest BCUT2D eigenvalue weighted by Gasteiger charge is 2.08. The van der Waals surface area contributed by atoms with E-state index in [1.807, 2.05) is 0 Å². The van der Waals surface area contributed by atoms with Crippen LogP contribution in [0.1, 0.15) is 20.8 Å². The van der Waals surface area contributed by atoms with E-state index in [9.17, 15) is 4.79 Å². The monoisotopic (exact) mass is 158 g/mol. The van der Waals surface area contributed by atoms with Crippen LogP contribution in [-0.2, 0) is 9.53 Å². The molecule has 64 valence electrons. The summed E-state index contributed by atoms with van der Waals surface area (Å²) in [7, 11) is 1.63. The van der Waals surface area contributed by atoms with E-state index in [-0.39, 0.29) is 12.1 Å². The molecule has 0 aliphatic carbocycles. The topological polar surface area (TPSA) is 50.7 Å². The zero-order chi connectivity index (χ0) is 8.85. The van der Waals surface area contributed by atoms with Crippen LogP contribution in [0.25, 0.3) is 0 Å². The second-order valence-corrected chi connectivity index (χ2v) is 2.37. The molecule has 4 heteroatoms. The zero-order valence-electron chi connectivity index (χ0n) is 7.34. The molecule has 0 aromatic rings. The Morgan fingerprint density at radius 2 is 2.09 bits per heavy atom. The summed E-state index contributed by atoms with van der Waals surface area (Å²) in [4.78, 5) is 11.0. The van der Waals surface area contributed by atoms with Gasteiger partial charge in [0.15, 0.2) is 0 Å². The van der Waals surface area contributed by atoms with E-state index < -0.39 is 0 Å². The Morgan fingerprint density at radius 3 is 2.45 bits per heavy atom. The molecule has 0 fully saturated rings. The number of esters is 1. The highest BCUT2D eigenvalue weighted by molar-refractivity contribution is 6.35. The van der Waals surface area contributed by atoms with Gasteiger partial charge in [0, 0.05) is 7.05 Å². The van der Waals surface area contributed by atoms with Crippen molar-refractivity contribution in [2.45, 2.75) is 26.9 Å². The van der Waals surface area contributed by atoms with E-state index in [4.69, 9.17) is 4.74 Å². The fourth-order valence-electron chi connectivity index (χ4n) is 0.513. The molecule has 0 rings (SSSR count). The van der Waals surface area contributed by atoms with Gasteiger partial charge in [0.1, 0.15) is 5.71 Å². The minimum atomic E-state index is -0.380. The normalized spacial score (nSPS) is 11.5. The summed E-state index contributed by atoms with van der Waals surface area (Å²) < 4.78 is 4.85. The first kappa shape index (κ1) is 9.94. The van der Waals surface area contributed by atoms with Gasteiger partial charge in [-0.05, 0) is 20.8 Å². The standard InChI is InChI=1S/C7H14N2O2/c1-5(2)11-7(10)6(3)9-8-4/h5,8H,1-4H3/b9-6+. The number of hydrogen-bond acceptors (Lipinski definition) is 4. The first-order valence-corrected chi connectivity index (χ1v) is 3.50. The van der Waals surface area contributed by atoms with Crippen LogP contribution in [0.4, 0.5) is 0 Å². The third-order valence-corrected chi connectivity index (χ3v) is 0.918. The molecule has 0 radical (unpaired) electrons. The summed E-state index contributed by atoms with van der Waals surface area (Å²) >= 11 is 0.